The lowest BCUT2D eigenvalue weighted by atomic mass is 9.78. The number of phenolic OH excluding ortho intramolecular Hbond substituents is 1. The number of hydrogen-bond donors (Lipinski definition) is 2. The second-order valence-corrected chi connectivity index (χ2v) is 9.95. The van der Waals surface area contributed by atoms with Gasteiger partial charge in [-0.15, -0.1) is 11.3 Å². The van der Waals surface area contributed by atoms with Crippen LogP contribution in [-0.2, 0) is 17.4 Å². The van der Waals surface area contributed by atoms with Gasteiger partial charge in [-0.1, -0.05) is 41.5 Å². The van der Waals surface area contributed by atoms with Crippen molar-refractivity contribution in [2.45, 2.75) is 58.9 Å². The second kappa shape index (κ2) is 7.67. The first-order valence-corrected chi connectivity index (χ1v) is 9.93. The van der Waals surface area contributed by atoms with Gasteiger partial charge in [0.05, 0.1) is 18.8 Å². The summed E-state index contributed by atoms with van der Waals surface area (Å²) in [4.78, 5) is 6.85. The molecule has 4 nitrogen and oxygen atoms in total. The highest BCUT2D eigenvalue weighted by molar-refractivity contribution is 7.09. The minimum absolute atomic E-state index is 0.149. The molecule has 0 bridgehead atoms. The molecule has 0 saturated heterocycles. The Bertz CT molecular complexity index is 719. The number of rotatable bonds is 5. The fourth-order valence-corrected chi connectivity index (χ4v) is 3.80. The Morgan fingerprint density at radius 2 is 1.58 bits per heavy atom. The quantitative estimate of drug-likeness (QED) is 0.805. The molecule has 1 aromatic carbocycles. The zero-order valence-electron chi connectivity index (χ0n) is 17.1. The average Bonchev–Trinajstić information content (AvgIpc) is 2.93. The minimum Gasteiger partial charge on any atom is -0.507 e. The topological polar surface area (TPSA) is 56.6 Å². The maximum Gasteiger partial charge on any atom is 0.123 e. The molecule has 0 spiro atoms. The molecule has 0 saturated carbocycles. The third-order valence-corrected chi connectivity index (χ3v) is 5.29. The summed E-state index contributed by atoms with van der Waals surface area (Å²) in [5.41, 5.74) is 3.59. The molecule has 0 radical (unpaired) electrons. The molecule has 1 aromatic heterocycles. The molecule has 0 aliphatic carbocycles. The molecular formula is C21H32N2O2S. The summed E-state index contributed by atoms with van der Waals surface area (Å²) in [6, 6.07) is 4.14. The molecule has 0 unspecified atom stereocenters. The summed E-state index contributed by atoms with van der Waals surface area (Å²) in [7, 11) is 1.98. The van der Waals surface area contributed by atoms with Crippen molar-refractivity contribution < 1.29 is 10.2 Å². The van der Waals surface area contributed by atoms with Gasteiger partial charge in [-0.05, 0) is 30.0 Å². The number of aromatic nitrogens is 1. The van der Waals surface area contributed by atoms with Crippen molar-refractivity contribution >= 4 is 11.3 Å². The summed E-state index contributed by atoms with van der Waals surface area (Å²) < 4.78 is 0. The molecule has 0 fully saturated rings. The van der Waals surface area contributed by atoms with E-state index in [0.29, 0.717) is 12.3 Å². The van der Waals surface area contributed by atoms with Crippen molar-refractivity contribution in [1.82, 2.24) is 9.88 Å². The highest BCUT2D eigenvalue weighted by Gasteiger charge is 2.27. The van der Waals surface area contributed by atoms with Gasteiger partial charge in [0.1, 0.15) is 10.8 Å². The molecule has 2 rings (SSSR count). The number of thiazole rings is 1. The summed E-state index contributed by atoms with van der Waals surface area (Å²) in [5.74, 6) is 0.395. The van der Waals surface area contributed by atoms with Crippen LogP contribution in [0.4, 0.5) is 0 Å². The van der Waals surface area contributed by atoms with Gasteiger partial charge >= 0.3 is 0 Å². The van der Waals surface area contributed by atoms with E-state index in [9.17, 15) is 5.11 Å². The van der Waals surface area contributed by atoms with Crippen LogP contribution < -0.4 is 0 Å². The molecule has 144 valence electrons. The first-order chi connectivity index (χ1) is 11.9. The van der Waals surface area contributed by atoms with Crippen LogP contribution in [0.15, 0.2) is 17.5 Å². The second-order valence-electron chi connectivity index (χ2n) is 9.01. The van der Waals surface area contributed by atoms with Crippen LogP contribution >= 0.6 is 11.3 Å². The molecular weight excluding hydrogens is 344 g/mol. The van der Waals surface area contributed by atoms with Gasteiger partial charge in [0.25, 0.3) is 0 Å². The van der Waals surface area contributed by atoms with Crippen LogP contribution in [0.3, 0.4) is 0 Å². The molecule has 5 heteroatoms. The van der Waals surface area contributed by atoms with Gasteiger partial charge in [-0.2, -0.15) is 0 Å². The maximum absolute atomic E-state index is 10.9. The molecule has 0 atom stereocenters. The number of aliphatic hydroxyl groups excluding tert-OH is 1. The number of nitrogens with zero attached hydrogens (tertiary/aromatic N) is 2. The molecule has 2 N–H and O–H groups in total. The average molecular weight is 377 g/mol. The van der Waals surface area contributed by atoms with Crippen LogP contribution in [-0.4, -0.2) is 40.3 Å². The Morgan fingerprint density at radius 3 is 2.04 bits per heavy atom. The molecule has 0 aliphatic heterocycles. The summed E-state index contributed by atoms with van der Waals surface area (Å²) >= 11 is 1.63. The molecule has 0 aliphatic rings. The largest absolute Gasteiger partial charge is 0.507 e. The first kappa shape index (κ1) is 20.9. The van der Waals surface area contributed by atoms with Crippen LogP contribution in [0.1, 0.15) is 57.7 Å². The van der Waals surface area contributed by atoms with Gasteiger partial charge < -0.3 is 10.2 Å². The van der Waals surface area contributed by atoms with E-state index in [1.165, 1.54) is 0 Å². The van der Waals surface area contributed by atoms with Crippen LogP contribution in [0.2, 0.25) is 0 Å². The van der Waals surface area contributed by atoms with E-state index in [-0.39, 0.29) is 17.4 Å². The SMILES string of the molecule is CN(CCO)Cc1nc(-c2cc(C(C)(C)C)c(O)c(C(C)(C)C)c2)cs1. The Labute approximate surface area is 161 Å². The summed E-state index contributed by atoms with van der Waals surface area (Å²) in [5, 5.41) is 23.0. The summed E-state index contributed by atoms with van der Waals surface area (Å²) in [6.07, 6.45) is 0. The van der Waals surface area contributed by atoms with Crippen molar-refractivity contribution in [1.29, 1.82) is 0 Å². The van der Waals surface area contributed by atoms with E-state index in [0.717, 1.165) is 33.9 Å². The number of aliphatic hydroxyl groups is 1. The molecule has 26 heavy (non-hydrogen) atoms. The van der Waals surface area contributed by atoms with Crippen molar-refractivity contribution in [2.24, 2.45) is 0 Å². The Balaban J connectivity index is 2.48. The number of benzene rings is 1. The number of hydrogen-bond acceptors (Lipinski definition) is 5. The molecule has 1 heterocycles. The van der Waals surface area contributed by atoms with Crippen molar-refractivity contribution in [3.05, 3.63) is 33.6 Å². The minimum atomic E-state index is -0.152. The monoisotopic (exact) mass is 376 g/mol. The van der Waals surface area contributed by atoms with Crippen LogP contribution in [0, 0.1) is 0 Å². The van der Waals surface area contributed by atoms with E-state index in [2.05, 4.69) is 64.0 Å². The van der Waals surface area contributed by atoms with Crippen molar-refractivity contribution in [2.75, 3.05) is 20.2 Å². The Hall–Kier alpha value is -1.43. The Kier molecular flexibility index (Phi) is 6.16. The lowest BCUT2D eigenvalue weighted by Gasteiger charge is -2.28. The fourth-order valence-electron chi connectivity index (χ4n) is 2.92. The van der Waals surface area contributed by atoms with Gasteiger partial charge in [-0.25, -0.2) is 4.98 Å². The Morgan fingerprint density at radius 1 is 1.04 bits per heavy atom. The van der Waals surface area contributed by atoms with Crippen LogP contribution in [0.5, 0.6) is 5.75 Å². The van der Waals surface area contributed by atoms with Gasteiger partial charge in [0, 0.05) is 28.6 Å². The lowest BCUT2D eigenvalue weighted by Crippen LogP contribution is -2.21. The van der Waals surface area contributed by atoms with Crippen LogP contribution in [0.25, 0.3) is 11.3 Å². The highest BCUT2D eigenvalue weighted by Crippen LogP contribution is 2.42. The summed E-state index contributed by atoms with van der Waals surface area (Å²) in [6.45, 7) is 14.2. The number of phenols is 1. The van der Waals surface area contributed by atoms with Gasteiger partial charge in [-0.3, -0.25) is 4.90 Å². The predicted molar refractivity (Wildman–Crippen MR) is 110 cm³/mol. The van der Waals surface area contributed by atoms with Crippen molar-refractivity contribution in [3.8, 4) is 17.0 Å². The third kappa shape index (κ3) is 4.84. The lowest BCUT2D eigenvalue weighted by molar-refractivity contribution is 0.217. The van der Waals surface area contributed by atoms with E-state index in [4.69, 9.17) is 10.1 Å². The first-order valence-electron chi connectivity index (χ1n) is 9.05. The van der Waals surface area contributed by atoms with E-state index in [1.54, 1.807) is 11.3 Å². The maximum atomic E-state index is 10.9. The van der Waals surface area contributed by atoms with Crippen molar-refractivity contribution in [3.63, 3.8) is 0 Å². The number of aromatic hydroxyl groups is 1. The standard InChI is InChI=1S/C21H32N2O2S/c1-20(2,3)15-10-14(11-16(19(15)25)21(4,5)6)17-13-26-18(22-17)12-23(7)8-9-24/h10-11,13,24-25H,8-9,12H2,1-7H3. The zero-order valence-corrected chi connectivity index (χ0v) is 17.9. The van der Waals surface area contributed by atoms with E-state index in [1.807, 2.05) is 7.05 Å². The number of likely N-dealkylation sites (N-methyl/N-ethyl adjacent to an activating group) is 1. The molecule has 0 amide bonds. The van der Waals surface area contributed by atoms with E-state index < -0.39 is 0 Å². The zero-order chi connectivity index (χ0) is 19.7. The molecule has 2 aromatic rings. The highest BCUT2D eigenvalue weighted by atomic mass is 32.1. The predicted octanol–water partition coefficient (Wildman–Crippen LogP) is 4.53. The van der Waals surface area contributed by atoms with Gasteiger partial charge in [0.15, 0.2) is 0 Å². The normalized spacial score (nSPS) is 12.8. The third-order valence-electron chi connectivity index (χ3n) is 4.46. The smallest absolute Gasteiger partial charge is 0.123 e. The fraction of sp³-hybridized carbons (Fsp3) is 0.571. The van der Waals surface area contributed by atoms with Gasteiger partial charge in [0.2, 0.25) is 0 Å². The van der Waals surface area contributed by atoms with E-state index >= 15 is 0 Å².